The van der Waals surface area contributed by atoms with Gasteiger partial charge in [-0.15, -0.1) is 0 Å². The second-order valence-electron chi connectivity index (χ2n) is 4.51. The second kappa shape index (κ2) is 8.25. The van der Waals surface area contributed by atoms with Crippen LogP contribution >= 0.6 is 0 Å². The summed E-state index contributed by atoms with van der Waals surface area (Å²) in [7, 11) is 2.23. The molecule has 0 saturated carbocycles. The molecule has 0 saturated heterocycles. The highest BCUT2D eigenvalue weighted by molar-refractivity contribution is 4.58. The van der Waals surface area contributed by atoms with Crippen molar-refractivity contribution in [3.8, 4) is 0 Å². The van der Waals surface area contributed by atoms with Gasteiger partial charge in [-0.25, -0.2) is 0 Å². The maximum Gasteiger partial charge on any atom is 0.0109 e. The zero-order valence-electron chi connectivity index (χ0n) is 10.7. The molecule has 0 aromatic rings. The van der Waals surface area contributed by atoms with Crippen LogP contribution in [0.5, 0.6) is 0 Å². The minimum atomic E-state index is 0.825. The van der Waals surface area contributed by atoms with E-state index in [0.29, 0.717) is 0 Å². The molecule has 0 fully saturated rings. The number of likely N-dealkylation sites (N-methyl/N-ethyl adjacent to an activating group) is 2. The van der Waals surface area contributed by atoms with E-state index < -0.39 is 0 Å². The molecule has 0 atom stereocenters. The highest BCUT2D eigenvalue weighted by Gasteiger charge is 2.03. The smallest absolute Gasteiger partial charge is 0.0109 e. The van der Waals surface area contributed by atoms with Gasteiger partial charge in [-0.1, -0.05) is 27.7 Å². The third-order valence-electron chi connectivity index (χ3n) is 2.78. The molecule has 0 aliphatic heterocycles. The Labute approximate surface area is 90.3 Å². The van der Waals surface area contributed by atoms with Crippen molar-refractivity contribution in [1.29, 1.82) is 0 Å². The lowest BCUT2D eigenvalue weighted by Gasteiger charge is -2.23. The molecule has 0 heterocycles. The van der Waals surface area contributed by atoms with Crippen molar-refractivity contribution in [1.82, 2.24) is 9.80 Å². The van der Waals surface area contributed by atoms with Crippen molar-refractivity contribution in [2.45, 2.75) is 34.1 Å². The largest absolute Gasteiger partial charge is 0.305 e. The van der Waals surface area contributed by atoms with Crippen LogP contribution in [0, 0.1) is 5.92 Å². The molecule has 0 aliphatic carbocycles. The predicted molar refractivity (Wildman–Crippen MR) is 64.7 cm³/mol. The fourth-order valence-electron chi connectivity index (χ4n) is 1.44. The highest BCUT2D eigenvalue weighted by atomic mass is 15.2. The Balaban J connectivity index is 3.46. The zero-order chi connectivity index (χ0) is 11.0. The minimum Gasteiger partial charge on any atom is -0.305 e. The first kappa shape index (κ1) is 13.9. The highest BCUT2D eigenvalue weighted by Crippen LogP contribution is 2.00. The van der Waals surface area contributed by atoms with E-state index >= 15 is 0 Å². The normalized spacial score (nSPS) is 12.0. The van der Waals surface area contributed by atoms with E-state index in [4.69, 9.17) is 0 Å². The van der Waals surface area contributed by atoms with Crippen LogP contribution in [-0.2, 0) is 0 Å². The van der Waals surface area contributed by atoms with E-state index in [0.717, 1.165) is 5.92 Å². The van der Waals surface area contributed by atoms with E-state index in [1.165, 1.54) is 39.1 Å². The fraction of sp³-hybridized carbons (Fsp3) is 1.00. The molecular weight excluding hydrogens is 172 g/mol. The second-order valence-corrected chi connectivity index (χ2v) is 4.51. The molecule has 2 nitrogen and oxygen atoms in total. The van der Waals surface area contributed by atoms with E-state index in [-0.39, 0.29) is 0 Å². The van der Waals surface area contributed by atoms with Crippen molar-refractivity contribution in [3.63, 3.8) is 0 Å². The van der Waals surface area contributed by atoms with Gasteiger partial charge in [0, 0.05) is 13.1 Å². The van der Waals surface area contributed by atoms with Gasteiger partial charge >= 0.3 is 0 Å². The molecule has 0 unspecified atom stereocenters. The molecule has 86 valence electrons. The molecule has 0 amide bonds. The monoisotopic (exact) mass is 200 g/mol. The molecule has 0 N–H and O–H groups in total. The summed E-state index contributed by atoms with van der Waals surface area (Å²) >= 11 is 0. The molecular formula is C12H28N2. The maximum atomic E-state index is 2.48. The third-order valence-corrected chi connectivity index (χ3v) is 2.78. The molecule has 0 spiro atoms. The lowest BCUT2D eigenvalue weighted by Crippen LogP contribution is -2.33. The van der Waals surface area contributed by atoms with Crippen molar-refractivity contribution in [3.05, 3.63) is 0 Å². The van der Waals surface area contributed by atoms with E-state index in [9.17, 15) is 0 Å². The lowest BCUT2D eigenvalue weighted by molar-refractivity contribution is 0.234. The van der Waals surface area contributed by atoms with Gasteiger partial charge in [0.2, 0.25) is 0 Å². The number of hydrogen-bond donors (Lipinski definition) is 0. The molecule has 14 heavy (non-hydrogen) atoms. The zero-order valence-corrected chi connectivity index (χ0v) is 10.7. The van der Waals surface area contributed by atoms with Gasteiger partial charge in [0.05, 0.1) is 0 Å². The van der Waals surface area contributed by atoms with Crippen LogP contribution in [0.15, 0.2) is 0 Å². The molecule has 0 aromatic carbocycles. The summed E-state index contributed by atoms with van der Waals surface area (Å²) in [6.07, 6.45) is 1.31. The first-order valence-electron chi connectivity index (χ1n) is 6.01. The molecule has 0 aliphatic rings. The summed E-state index contributed by atoms with van der Waals surface area (Å²) in [5, 5.41) is 0. The van der Waals surface area contributed by atoms with Crippen LogP contribution < -0.4 is 0 Å². The Kier molecular flexibility index (Phi) is 8.20. The summed E-state index contributed by atoms with van der Waals surface area (Å²) in [4.78, 5) is 4.92. The predicted octanol–water partition coefficient (Wildman–Crippen LogP) is 2.31. The standard InChI is InChI=1S/C12H28N2/c1-6-14(7-2)11-10-13(5)9-8-12(3)4/h12H,6-11H2,1-5H3. The summed E-state index contributed by atoms with van der Waals surface area (Å²) in [6, 6.07) is 0. The number of rotatable bonds is 8. The Hall–Kier alpha value is -0.0800. The summed E-state index contributed by atoms with van der Waals surface area (Å²) in [5.74, 6) is 0.825. The van der Waals surface area contributed by atoms with Gasteiger partial charge in [-0.2, -0.15) is 0 Å². The molecule has 2 heteroatoms. The van der Waals surface area contributed by atoms with Crippen molar-refractivity contribution < 1.29 is 0 Å². The van der Waals surface area contributed by atoms with Gasteiger partial charge < -0.3 is 9.80 Å². The Morgan fingerprint density at radius 1 is 0.929 bits per heavy atom. The van der Waals surface area contributed by atoms with Crippen LogP contribution in [0.1, 0.15) is 34.1 Å². The van der Waals surface area contributed by atoms with Crippen LogP contribution in [0.3, 0.4) is 0 Å². The van der Waals surface area contributed by atoms with Crippen LogP contribution in [-0.4, -0.2) is 49.6 Å². The minimum absolute atomic E-state index is 0.825. The molecule has 0 rings (SSSR count). The van der Waals surface area contributed by atoms with Crippen molar-refractivity contribution in [2.24, 2.45) is 5.92 Å². The number of hydrogen-bond acceptors (Lipinski definition) is 2. The summed E-state index contributed by atoms with van der Waals surface area (Å²) in [6.45, 7) is 15.0. The van der Waals surface area contributed by atoms with Gasteiger partial charge in [-0.3, -0.25) is 0 Å². The lowest BCUT2D eigenvalue weighted by atomic mass is 10.1. The Bertz CT molecular complexity index is 119. The topological polar surface area (TPSA) is 6.48 Å². The average molecular weight is 200 g/mol. The first-order chi connectivity index (χ1) is 6.60. The van der Waals surface area contributed by atoms with Crippen molar-refractivity contribution in [2.75, 3.05) is 39.8 Å². The molecule has 0 bridgehead atoms. The van der Waals surface area contributed by atoms with E-state index in [1.807, 2.05) is 0 Å². The van der Waals surface area contributed by atoms with E-state index in [2.05, 4.69) is 44.5 Å². The summed E-state index contributed by atoms with van der Waals surface area (Å²) in [5.41, 5.74) is 0. The Morgan fingerprint density at radius 3 is 1.93 bits per heavy atom. The maximum absolute atomic E-state index is 2.48. The summed E-state index contributed by atoms with van der Waals surface area (Å²) < 4.78 is 0. The van der Waals surface area contributed by atoms with Gasteiger partial charge in [0.1, 0.15) is 0 Å². The van der Waals surface area contributed by atoms with Crippen LogP contribution in [0.25, 0.3) is 0 Å². The van der Waals surface area contributed by atoms with Crippen LogP contribution in [0.4, 0.5) is 0 Å². The first-order valence-corrected chi connectivity index (χ1v) is 6.01. The van der Waals surface area contributed by atoms with Gasteiger partial charge in [0.15, 0.2) is 0 Å². The van der Waals surface area contributed by atoms with Crippen molar-refractivity contribution >= 4 is 0 Å². The molecule has 0 radical (unpaired) electrons. The molecule has 0 aromatic heterocycles. The van der Waals surface area contributed by atoms with Gasteiger partial charge in [0.25, 0.3) is 0 Å². The van der Waals surface area contributed by atoms with Crippen LogP contribution in [0.2, 0.25) is 0 Å². The third kappa shape index (κ3) is 7.34. The fourth-order valence-corrected chi connectivity index (χ4v) is 1.44. The average Bonchev–Trinajstić information content (AvgIpc) is 2.16. The number of nitrogens with zero attached hydrogens (tertiary/aromatic N) is 2. The quantitative estimate of drug-likeness (QED) is 0.593. The SMILES string of the molecule is CCN(CC)CCN(C)CCC(C)C. The Morgan fingerprint density at radius 2 is 1.50 bits per heavy atom. The van der Waals surface area contributed by atoms with E-state index in [1.54, 1.807) is 0 Å². The van der Waals surface area contributed by atoms with Gasteiger partial charge in [-0.05, 0) is 39.0 Å².